The number of nitrogens with one attached hydrogen (secondary N) is 1. The average Bonchev–Trinajstić information content (AvgIpc) is 2.43. The van der Waals surface area contributed by atoms with Gasteiger partial charge < -0.3 is 10.5 Å². The Kier molecular flexibility index (Phi) is 4.50. The van der Waals surface area contributed by atoms with E-state index in [0.717, 1.165) is 0 Å². The van der Waals surface area contributed by atoms with Crippen molar-refractivity contribution in [2.45, 2.75) is 4.90 Å². The van der Waals surface area contributed by atoms with Gasteiger partial charge in [0.05, 0.1) is 10.2 Å². The Morgan fingerprint density at radius 1 is 1.24 bits per heavy atom. The van der Waals surface area contributed by atoms with Crippen LogP contribution < -0.4 is 15.2 Å². The van der Waals surface area contributed by atoms with Crippen molar-refractivity contribution in [3.05, 3.63) is 46.7 Å². The first-order valence-corrected chi connectivity index (χ1v) is 8.07. The van der Waals surface area contributed by atoms with Gasteiger partial charge in [-0.1, -0.05) is 0 Å². The zero-order chi connectivity index (χ0) is 15.6. The summed E-state index contributed by atoms with van der Waals surface area (Å²) in [5, 5.41) is 0. The molecule has 0 aliphatic rings. The molecule has 0 aliphatic carbocycles. The predicted octanol–water partition coefficient (Wildman–Crippen LogP) is 2.87. The van der Waals surface area contributed by atoms with Gasteiger partial charge in [-0.05, 0) is 47.2 Å². The van der Waals surface area contributed by atoms with Crippen LogP contribution in [0.2, 0.25) is 0 Å². The first kappa shape index (κ1) is 15.7. The maximum absolute atomic E-state index is 13.2. The van der Waals surface area contributed by atoms with Crippen LogP contribution >= 0.6 is 15.9 Å². The summed E-state index contributed by atoms with van der Waals surface area (Å²) >= 11 is 3.24. The first-order valence-electron chi connectivity index (χ1n) is 5.79. The number of hydrogen-bond donors (Lipinski definition) is 2. The van der Waals surface area contributed by atoms with Crippen LogP contribution in [0.1, 0.15) is 0 Å². The van der Waals surface area contributed by atoms with Crippen molar-refractivity contribution in [1.29, 1.82) is 0 Å². The molecule has 0 heterocycles. The van der Waals surface area contributed by atoms with Gasteiger partial charge >= 0.3 is 0 Å². The van der Waals surface area contributed by atoms with Crippen LogP contribution in [-0.2, 0) is 10.0 Å². The Morgan fingerprint density at radius 3 is 2.57 bits per heavy atom. The zero-order valence-electron chi connectivity index (χ0n) is 10.9. The number of nitrogens with two attached hydrogens (primary N) is 1. The topological polar surface area (TPSA) is 81.4 Å². The second kappa shape index (κ2) is 6.00. The molecule has 2 aromatic rings. The summed E-state index contributed by atoms with van der Waals surface area (Å²) in [6.45, 7) is 0. The second-order valence-electron chi connectivity index (χ2n) is 4.08. The monoisotopic (exact) mass is 374 g/mol. The van der Waals surface area contributed by atoms with Gasteiger partial charge in [-0.3, -0.25) is 0 Å². The number of ether oxygens (including phenoxy) is 1. The van der Waals surface area contributed by atoms with Crippen molar-refractivity contribution in [1.82, 2.24) is 4.72 Å². The molecule has 2 rings (SSSR count). The van der Waals surface area contributed by atoms with Crippen LogP contribution in [0.3, 0.4) is 0 Å². The predicted molar refractivity (Wildman–Crippen MR) is 81.3 cm³/mol. The second-order valence-corrected chi connectivity index (χ2v) is 6.79. The third-order valence-electron chi connectivity index (χ3n) is 2.66. The molecule has 0 aromatic heterocycles. The molecule has 0 unspecified atom stereocenters. The SMILES string of the molecule is CNS(=O)(=O)c1ccc(Oc2cc(F)ccc2Br)cc1N. The van der Waals surface area contributed by atoms with Crippen molar-refractivity contribution < 1.29 is 17.5 Å². The summed E-state index contributed by atoms with van der Waals surface area (Å²) in [6.07, 6.45) is 0. The van der Waals surface area contributed by atoms with E-state index < -0.39 is 15.8 Å². The van der Waals surface area contributed by atoms with E-state index in [1.807, 2.05) is 0 Å². The van der Waals surface area contributed by atoms with Gasteiger partial charge in [0.25, 0.3) is 0 Å². The standard InChI is InChI=1S/C13H12BrFN2O3S/c1-17-21(18,19)13-5-3-9(7-11(13)16)20-12-6-8(15)2-4-10(12)14/h2-7,17H,16H2,1H3. The molecule has 0 bridgehead atoms. The maximum atomic E-state index is 13.2. The molecule has 112 valence electrons. The normalized spacial score (nSPS) is 11.4. The van der Waals surface area contributed by atoms with E-state index in [1.54, 1.807) is 0 Å². The number of hydrogen-bond acceptors (Lipinski definition) is 4. The number of nitrogen functional groups attached to an aromatic ring is 1. The van der Waals surface area contributed by atoms with Crippen LogP contribution in [0, 0.1) is 5.82 Å². The summed E-state index contributed by atoms with van der Waals surface area (Å²) in [5.74, 6) is 0.114. The van der Waals surface area contributed by atoms with E-state index in [-0.39, 0.29) is 16.3 Å². The van der Waals surface area contributed by atoms with E-state index in [0.29, 0.717) is 10.2 Å². The van der Waals surface area contributed by atoms with E-state index >= 15 is 0 Å². The van der Waals surface area contributed by atoms with Crippen LogP contribution in [-0.4, -0.2) is 15.5 Å². The van der Waals surface area contributed by atoms with Gasteiger partial charge in [0, 0.05) is 12.1 Å². The Bertz CT molecular complexity index is 781. The highest BCUT2D eigenvalue weighted by molar-refractivity contribution is 9.10. The number of sulfonamides is 1. The lowest BCUT2D eigenvalue weighted by atomic mass is 10.3. The molecule has 0 saturated carbocycles. The fourth-order valence-electron chi connectivity index (χ4n) is 1.63. The number of rotatable bonds is 4. The molecule has 0 fully saturated rings. The number of benzene rings is 2. The third-order valence-corrected chi connectivity index (χ3v) is 4.80. The van der Waals surface area contributed by atoms with Crippen LogP contribution in [0.25, 0.3) is 0 Å². The molecule has 2 aromatic carbocycles. The summed E-state index contributed by atoms with van der Waals surface area (Å²) in [4.78, 5) is -0.0457. The van der Waals surface area contributed by atoms with Gasteiger partial charge in [0.2, 0.25) is 10.0 Å². The molecule has 5 nitrogen and oxygen atoms in total. The Morgan fingerprint density at radius 2 is 1.95 bits per heavy atom. The molecule has 0 aliphatic heterocycles. The Hall–Kier alpha value is -1.64. The Labute approximate surface area is 130 Å². The van der Waals surface area contributed by atoms with Crippen molar-refractivity contribution in [3.8, 4) is 11.5 Å². The molecule has 8 heteroatoms. The number of halogens is 2. The van der Waals surface area contributed by atoms with Crippen molar-refractivity contribution in [2.24, 2.45) is 0 Å². The van der Waals surface area contributed by atoms with Crippen LogP contribution in [0.4, 0.5) is 10.1 Å². The highest BCUT2D eigenvalue weighted by Crippen LogP contribution is 2.32. The molecule has 21 heavy (non-hydrogen) atoms. The van der Waals surface area contributed by atoms with Crippen molar-refractivity contribution in [2.75, 3.05) is 12.8 Å². The maximum Gasteiger partial charge on any atom is 0.242 e. The fourth-order valence-corrected chi connectivity index (χ4v) is 2.79. The summed E-state index contributed by atoms with van der Waals surface area (Å²) in [6, 6.07) is 8.13. The summed E-state index contributed by atoms with van der Waals surface area (Å²) < 4.78 is 44.8. The molecular formula is C13H12BrFN2O3S. The summed E-state index contributed by atoms with van der Waals surface area (Å²) in [5.41, 5.74) is 5.76. The fraction of sp³-hybridized carbons (Fsp3) is 0.0769. The van der Waals surface area contributed by atoms with Crippen molar-refractivity contribution >= 4 is 31.6 Å². The molecule has 0 atom stereocenters. The Balaban J connectivity index is 2.35. The van der Waals surface area contributed by atoms with E-state index in [2.05, 4.69) is 20.7 Å². The molecule has 0 amide bonds. The smallest absolute Gasteiger partial charge is 0.242 e. The summed E-state index contributed by atoms with van der Waals surface area (Å²) in [7, 11) is -2.34. The molecule has 0 spiro atoms. The van der Waals surface area contributed by atoms with Gasteiger partial charge in [-0.2, -0.15) is 0 Å². The molecule has 3 N–H and O–H groups in total. The highest BCUT2D eigenvalue weighted by atomic mass is 79.9. The van der Waals surface area contributed by atoms with E-state index in [4.69, 9.17) is 10.5 Å². The average molecular weight is 375 g/mol. The largest absolute Gasteiger partial charge is 0.456 e. The quantitative estimate of drug-likeness (QED) is 0.806. The van der Waals surface area contributed by atoms with Crippen molar-refractivity contribution in [3.63, 3.8) is 0 Å². The highest BCUT2D eigenvalue weighted by Gasteiger charge is 2.16. The first-order chi connectivity index (χ1) is 9.83. The van der Waals surface area contributed by atoms with Gasteiger partial charge in [-0.15, -0.1) is 0 Å². The number of anilines is 1. The van der Waals surface area contributed by atoms with Crippen LogP contribution in [0.5, 0.6) is 11.5 Å². The van der Waals surface area contributed by atoms with Gasteiger partial charge in [0.15, 0.2) is 0 Å². The van der Waals surface area contributed by atoms with E-state index in [9.17, 15) is 12.8 Å². The molecular weight excluding hydrogens is 363 g/mol. The lowest BCUT2D eigenvalue weighted by Crippen LogP contribution is -2.19. The van der Waals surface area contributed by atoms with Gasteiger partial charge in [0.1, 0.15) is 22.2 Å². The minimum absolute atomic E-state index is 0.0365. The molecule has 0 radical (unpaired) electrons. The lowest BCUT2D eigenvalue weighted by molar-refractivity contribution is 0.473. The zero-order valence-corrected chi connectivity index (χ0v) is 13.3. The van der Waals surface area contributed by atoms with Gasteiger partial charge in [-0.25, -0.2) is 17.5 Å². The van der Waals surface area contributed by atoms with E-state index in [1.165, 1.54) is 43.4 Å². The lowest BCUT2D eigenvalue weighted by Gasteiger charge is -2.11. The third kappa shape index (κ3) is 3.52. The van der Waals surface area contributed by atoms with Crippen LogP contribution in [0.15, 0.2) is 45.8 Å². The molecule has 0 saturated heterocycles. The minimum Gasteiger partial charge on any atom is -0.456 e. The minimum atomic E-state index is -3.63.